The highest BCUT2D eigenvalue weighted by molar-refractivity contribution is 7.99. The number of rotatable bonds is 4. The van der Waals surface area contributed by atoms with Gasteiger partial charge in [0.15, 0.2) is 0 Å². The van der Waals surface area contributed by atoms with Crippen LogP contribution in [0.4, 0.5) is 0 Å². The van der Waals surface area contributed by atoms with Crippen molar-refractivity contribution in [3.63, 3.8) is 0 Å². The standard InChI is InChI=1S/C9H15N3O2S/c10-5-8-11-12-9(14-8)15-6-7-1-3-13-4-2-7/h7H,1-6,10H2. The van der Waals surface area contributed by atoms with Crippen LogP contribution in [0.1, 0.15) is 18.7 Å². The molecule has 5 nitrogen and oxygen atoms in total. The van der Waals surface area contributed by atoms with E-state index in [1.54, 1.807) is 11.8 Å². The third kappa shape index (κ3) is 3.19. The van der Waals surface area contributed by atoms with Gasteiger partial charge in [0, 0.05) is 19.0 Å². The highest BCUT2D eigenvalue weighted by Crippen LogP contribution is 2.24. The van der Waals surface area contributed by atoms with Crippen molar-refractivity contribution in [2.45, 2.75) is 24.6 Å². The molecule has 84 valence electrons. The molecule has 15 heavy (non-hydrogen) atoms. The first-order valence-corrected chi connectivity index (χ1v) is 6.10. The van der Waals surface area contributed by atoms with Gasteiger partial charge in [0.2, 0.25) is 5.89 Å². The highest BCUT2D eigenvalue weighted by atomic mass is 32.2. The molecule has 0 amide bonds. The number of nitrogens with zero attached hydrogens (tertiary/aromatic N) is 2. The maximum Gasteiger partial charge on any atom is 0.276 e. The molecule has 2 N–H and O–H groups in total. The summed E-state index contributed by atoms with van der Waals surface area (Å²) < 4.78 is 10.6. The van der Waals surface area contributed by atoms with Crippen LogP contribution in [-0.4, -0.2) is 29.2 Å². The van der Waals surface area contributed by atoms with Crippen molar-refractivity contribution >= 4 is 11.8 Å². The maximum absolute atomic E-state index is 5.38. The van der Waals surface area contributed by atoms with Gasteiger partial charge in [-0.05, 0) is 18.8 Å². The van der Waals surface area contributed by atoms with Crippen LogP contribution in [0.3, 0.4) is 0 Å². The van der Waals surface area contributed by atoms with Crippen molar-refractivity contribution < 1.29 is 9.15 Å². The second-order valence-electron chi connectivity index (χ2n) is 3.53. The van der Waals surface area contributed by atoms with Crippen molar-refractivity contribution in [3.05, 3.63) is 5.89 Å². The molecule has 2 rings (SSSR count). The quantitative estimate of drug-likeness (QED) is 0.778. The Balaban J connectivity index is 1.76. The van der Waals surface area contributed by atoms with E-state index in [2.05, 4.69) is 10.2 Å². The number of hydrogen-bond acceptors (Lipinski definition) is 6. The Morgan fingerprint density at radius 3 is 2.80 bits per heavy atom. The summed E-state index contributed by atoms with van der Waals surface area (Å²) in [7, 11) is 0. The van der Waals surface area contributed by atoms with E-state index in [-0.39, 0.29) is 0 Å². The summed E-state index contributed by atoms with van der Waals surface area (Å²) in [6, 6.07) is 0. The number of aromatic nitrogens is 2. The lowest BCUT2D eigenvalue weighted by Gasteiger charge is -2.20. The molecule has 1 saturated heterocycles. The van der Waals surface area contributed by atoms with E-state index in [4.69, 9.17) is 14.9 Å². The van der Waals surface area contributed by atoms with Crippen molar-refractivity contribution in [2.75, 3.05) is 19.0 Å². The molecule has 0 aromatic carbocycles. The summed E-state index contributed by atoms with van der Waals surface area (Å²) in [6.45, 7) is 2.07. The van der Waals surface area contributed by atoms with E-state index in [0.29, 0.717) is 23.6 Å². The van der Waals surface area contributed by atoms with Gasteiger partial charge in [0.1, 0.15) is 0 Å². The number of thioether (sulfide) groups is 1. The molecule has 1 aliphatic heterocycles. The van der Waals surface area contributed by atoms with Gasteiger partial charge in [0.05, 0.1) is 6.54 Å². The zero-order valence-electron chi connectivity index (χ0n) is 8.52. The van der Waals surface area contributed by atoms with Crippen molar-refractivity contribution in [3.8, 4) is 0 Å². The summed E-state index contributed by atoms with van der Waals surface area (Å²) in [5, 5.41) is 8.34. The van der Waals surface area contributed by atoms with Gasteiger partial charge < -0.3 is 14.9 Å². The Morgan fingerprint density at radius 1 is 1.33 bits per heavy atom. The first-order chi connectivity index (χ1) is 7.38. The van der Waals surface area contributed by atoms with Crippen LogP contribution in [0, 0.1) is 5.92 Å². The molecule has 0 aliphatic carbocycles. The normalized spacial score (nSPS) is 18.2. The number of nitrogens with two attached hydrogens (primary N) is 1. The van der Waals surface area contributed by atoms with Crippen LogP contribution in [-0.2, 0) is 11.3 Å². The van der Waals surface area contributed by atoms with Gasteiger partial charge in [-0.25, -0.2) is 0 Å². The molecule has 2 heterocycles. The maximum atomic E-state index is 5.38. The average molecular weight is 229 g/mol. The van der Waals surface area contributed by atoms with E-state index < -0.39 is 0 Å². The molecule has 0 atom stereocenters. The molecular formula is C9H15N3O2S. The summed E-state index contributed by atoms with van der Waals surface area (Å²) in [4.78, 5) is 0. The second kappa shape index (κ2) is 5.48. The third-order valence-electron chi connectivity index (χ3n) is 2.41. The van der Waals surface area contributed by atoms with Crippen LogP contribution < -0.4 is 5.73 Å². The number of ether oxygens (including phenoxy) is 1. The topological polar surface area (TPSA) is 74.2 Å². The van der Waals surface area contributed by atoms with Crippen LogP contribution in [0.2, 0.25) is 0 Å². The summed E-state index contributed by atoms with van der Waals surface area (Å²) in [5.74, 6) is 2.23. The Morgan fingerprint density at radius 2 is 2.13 bits per heavy atom. The lowest BCUT2D eigenvalue weighted by Crippen LogP contribution is -2.17. The molecule has 6 heteroatoms. The van der Waals surface area contributed by atoms with Crippen molar-refractivity contribution in [2.24, 2.45) is 11.7 Å². The molecule has 0 spiro atoms. The summed E-state index contributed by atoms with van der Waals surface area (Å²) in [6.07, 6.45) is 2.26. The predicted molar refractivity (Wildman–Crippen MR) is 56.5 cm³/mol. The Labute approximate surface area is 92.8 Å². The first kappa shape index (κ1) is 10.9. The monoisotopic (exact) mass is 229 g/mol. The molecule has 1 fully saturated rings. The SMILES string of the molecule is NCc1nnc(SCC2CCOCC2)o1. The van der Waals surface area contributed by atoms with Crippen molar-refractivity contribution in [1.29, 1.82) is 0 Å². The zero-order chi connectivity index (χ0) is 10.5. The van der Waals surface area contributed by atoms with Crippen LogP contribution >= 0.6 is 11.8 Å². The van der Waals surface area contributed by atoms with Crippen LogP contribution in [0.15, 0.2) is 9.64 Å². The van der Waals surface area contributed by atoms with Gasteiger partial charge in [-0.1, -0.05) is 11.8 Å². The molecule has 0 bridgehead atoms. The van der Waals surface area contributed by atoms with E-state index in [1.807, 2.05) is 0 Å². The van der Waals surface area contributed by atoms with Gasteiger partial charge in [-0.3, -0.25) is 0 Å². The smallest absolute Gasteiger partial charge is 0.276 e. The van der Waals surface area contributed by atoms with Gasteiger partial charge in [0.25, 0.3) is 5.22 Å². The first-order valence-electron chi connectivity index (χ1n) is 5.11. The Bertz CT molecular complexity index is 299. The molecule has 1 aromatic heterocycles. The predicted octanol–water partition coefficient (Wildman–Crippen LogP) is 1.05. The number of hydrogen-bond donors (Lipinski definition) is 1. The minimum Gasteiger partial charge on any atom is -0.415 e. The van der Waals surface area contributed by atoms with Crippen LogP contribution in [0.25, 0.3) is 0 Å². The zero-order valence-corrected chi connectivity index (χ0v) is 9.33. The minimum absolute atomic E-state index is 0.310. The average Bonchev–Trinajstić information content (AvgIpc) is 2.76. The molecular weight excluding hydrogens is 214 g/mol. The second-order valence-corrected chi connectivity index (χ2v) is 4.50. The molecule has 0 saturated carbocycles. The van der Waals surface area contributed by atoms with Gasteiger partial charge in [-0.15, -0.1) is 10.2 Å². The fraction of sp³-hybridized carbons (Fsp3) is 0.778. The Hall–Kier alpha value is -0.590. The molecule has 1 aromatic rings. The lowest BCUT2D eigenvalue weighted by molar-refractivity contribution is 0.0727. The third-order valence-corrected chi connectivity index (χ3v) is 3.46. The molecule has 0 unspecified atom stereocenters. The van der Waals surface area contributed by atoms with E-state index >= 15 is 0 Å². The van der Waals surface area contributed by atoms with E-state index in [9.17, 15) is 0 Å². The molecule has 0 radical (unpaired) electrons. The van der Waals surface area contributed by atoms with Crippen LogP contribution in [0.5, 0.6) is 0 Å². The lowest BCUT2D eigenvalue weighted by atomic mass is 10.0. The summed E-state index contributed by atoms with van der Waals surface area (Å²) >= 11 is 1.61. The fourth-order valence-electron chi connectivity index (χ4n) is 1.48. The largest absolute Gasteiger partial charge is 0.415 e. The van der Waals surface area contributed by atoms with Crippen molar-refractivity contribution in [1.82, 2.24) is 10.2 Å². The summed E-state index contributed by atoms with van der Waals surface area (Å²) in [5.41, 5.74) is 5.38. The van der Waals surface area contributed by atoms with E-state index in [1.165, 1.54) is 0 Å². The van der Waals surface area contributed by atoms with E-state index in [0.717, 1.165) is 31.8 Å². The Kier molecular flexibility index (Phi) is 3.99. The molecule has 1 aliphatic rings. The fourth-order valence-corrected chi connectivity index (χ4v) is 2.45. The van der Waals surface area contributed by atoms with Gasteiger partial charge in [-0.2, -0.15) is 0 Å². The van der Waals surface area contributed by atoms with Gasteiger partial charge >= 0.3 is 0 Å². The minimum atomic E-state index is 0.310. The highest BCUT2D eigenvalue weighted by Gasteiger charge is 2.15.